The summed E-state index contributed by atoms with van der Waals surface area (Å²) in [6.45, 7) is 4.00. The molecule has 1 aromatic carbocycles. The van der Waals surface area contributed by atoms with E-state index in [4.69, 9.17) is 4.74 Å². The highest BCUT2D eigenvalue weighted by Gasteiger charge is 2.16. The van der Waals surface area contributed by atoms with E-state index in [0.29, 0.717) is 4.88 Å². The highest BCUT2D eigenvalue weighted by atomic mass is 32.1. The van der Waals surface area contributed by atoms with Gasteiger partial charge in [-0.3, -0.25) is 0 Å². The molecule has 22 heavy (non-hydrogen) atoms. The first kappa shape index (κ1) is 14.8. The van der Waals surface area contributed by atoms with Gasteiger partial charge in [0.05, 0.1) is 0 Å². The minimum Gasteiger partial charge on any atom is -0.457 e. The van der Waals surface area contributed by atoms with Gasteiger partial charge in [-0.25, -0.2) is 4.79 Å². The lowest BCUT2D eigenvalue weighted by molar-refractivity contribution is 0.0479. The normalized spacial score (nSPS) is 10.4. The number of benzene rings is 1. The number of carbonyl (C=O) groups excluding carboxylic acids is 1. The molecule has 2 nitrogen and oxygen atoms in total. The second-order valence-electron chi connectivity index (χ2n) is 4.66. The van der Waals surface area contributed by atoms with Crippen molar-refractivity contribution < 1.29 is 9.53 Å². The summed E-state index contributed by atoms with van der Waals surface area (Å²) in [5, 5.41) is 3.92. The molecule has 0 saturated heterocycles. The number of rotatable bonds is 5. The summed E-state index contributed by atoms with van der Waals surface area (Å²) in [5.41, 5.74) is 2.97. The van der Waals surface area contributed by atoms with E-state index in [2.05, 4.69) is 6.58 Å². The predicted molar refractivity (Wildman–Crippen MR) is 93.3 cm³/mol. The minimum atomic E-state index is -0.272. The molecule has 0 saturated carbocycles. The lowest BCUT2D eigenvalue weighted by atomic mass is 10.1. The monoisotopic (exact) mass is 326 g/mol. The van der Waals surface area contributed by atoms with E-state index >= 15 is 0 Å². The van der Waals surface area contributed by atoms with Crippen molar-refractivity contribution in [1.82, 2.24) is 0 Å². The van der Waals surface area contributed by atoms with Crippen molar-refractivity contribution >= 4 is 34.7 Å². The van der Waals surface area contributed by atoms with Crippen LogP contribution in [0.1, 0.15) is 20.8 Å². The maximum absolute atomic E-state index is 12.3. The number of carbonyl (C=O) groups is 1. The van der Waals surface area contributed by atoms with E-state index in [1.165, 1.54) is 11.3 Å². The molecule has 0 radical (unpaired) electrons. The molecule has 2 aromatic heterocycles. The molecule has 0 aliphatic rings. The lowest BCUT2D eigenvalue weighted by Crippen LogP contribution is -2.04. The Labute approximate surface area is 137 Å². The highest BCUT2D eigenvalue weighted by Crippen LogP contribution is 2.32. The van der Waals surface area contributed by atoms with E-state index in [-0.39, 0.29) is 12.6 Å². The van der Waals surface area contributed by atoms with Crippen molar-refractivity contribution in [3.8, 4) is 10.4 Å². The fourth-order valence-corrected chi connectivity index (χ4v) is 3.68. The van der Waals surface area contributed by atoms with Gasteiger partial charge in [0.1, 0.15) is 11.5 Å². The molecule has 0 unspecified atom stereocenters. The molecule has 0 atom stereocenters. The third-order valence-electron chi connectivity index (χ3n) is 3.22. The fraction of sp³-hybridized carbons (Fsp3) is 0.0556. The Kier molecular flexibility index (Phi) is 4.51. The Morgan fingerprint density at radius 3 is 2.59 bits per heavy atom. The van der Waals surface area contributed by atoms with Crippen LogP contribution < -0.4 is 0 Å². The summed E-state index contributed by atoms with van der Waals surface area (Å²) in [5.74, 6) is -0.272. The number of hydrogen-bond acceptors (Lipinski definition) is 4. The second kappa shape index (κ2) is 6.73. The third-order valence-corrected chi connectivity index (χ3v) is 5.02. The summed E-state index contributed by atoms with van der Waals surface area (Å²) < 4.78 is 5.43. The Morgan fingerprint density at radius 1 is 1.09 bits per heavy atom. The Morgan fingerprint density at radius 2 is 1.91 bits per heavy atom. The lowest BCUT2D eigenvalue weighted by Gasteiger charge is -2.05. The van der Waals surface area contributed by atoms with Crippen LogP contribution in [0.2, 0.25) is 0 Å². The van der Waals surface area contributed by atoms with Crippen LogP contribution in [-0.4, -0.2) is 5.97 Å². The summed E-state index contributed by atoms with van der Waals surface area (Å²) in [6, 6.07) is 13.8. The Bertz CT molecular complexity index is 768. The molecule has 0 spiro atoms. The Balaban J connectivity index is 1.70. The van der Waals surface area contributed by atoms with E-state index in [0.717, 1.165) is 21.6 Å². The van der Waals surface area contributed by atoms with E-state index in [1.54, 1.807) is 17.4 Å². The standard InChI is InChI=1S/C18H14O2S2/c1-2-13-5-7-14(8-6-13)12-20-18(19)17-15(9-11-22-17)16-4-3-10-21-16/h2-11H,1,12H2. The molecule has 0 aliphatic carbocycles. The van der Waals surface area contributed by atoms with Gasteiger partial charge in [-0.15, -0.1) is 22.7 Å². The van der Waals surface area contributed by atoms with Crippen LogP contribution in [0.15, 0.2) is 59.8 Å². The van der Waals surface area contributed by atoms with Gasteiger partial charge in [0.15, 0.2) is 0 Å². The van der Waals surface area contributed by atoms with Gasteiger partial charge in [0, 0.05) is 10.4 Å². The van der Waals surface area contributed by atoms with Gasteiger partial charge in [-0.2, -0.15) is 0 Å². The van der Waals surface area contributed by atoms with Gasteiger partial charge in [-0.1, -0.05) is 43.0 Å². The zero-order chi connectivity index (χ0) is 15.4. The van der Waals surface area contributed by atoms with Gasteiger partial charge in [0.25, 0.3) is 0 Å². The van der Waals surface area contributed by atoms with Gasteiger partial charge in [0.2, 0.25) is 0 Å². The van der Waals surface area contributed by atoms with Crippen LogP contribution in [0, 0.1) is 0 Å². The van der Waals surface area contributed by atoms with Crippen LogP contribution in [0.3, 0.4) is 0 Å². The zero-order valence-corrected chi connectivity index (χ0v) is 13.5. The van der Waals surface area contributed by atoms with Crippen molar-refractivity contribution in [2.24, 2.45) is 0 Å². The summed E-state index contributed by atoms with van der Waals surface area (Å²) >= 11 is 3.04. The van der Waals surface area contributed by atoms with Crippen LogP contribution in [0.25, 0.3) is 16.5 Å². The van der Waals surface area contributed by atoms with Crippen molar-refractivity contribution in [2.75, 3.05) is 0 Å². The summed E-state index contributed by atoms with van der Waals surface area (Å²) in [6.07, 6.45) is 1.79. The van der Waals surface area contributed by atoms with E-state index < -0.39 is 0 Å². The maximum atomic E-state index is 12.3. The molecular formula is C18H14O2S2. The number of ether oxygens (including phenoxy) is 1. The van der Waals surface area contributed by atoms with Crippen LogP contribution in [0.5, 0.6) is 0 Å². The van der Waals surface area contributed by atoms with Crippen molar-refractivity contribution in [1.29, 1.82) is 0 Å². The quantitative estimate of drug-likeness (QED) is 0.581. The number of hydrogen-bond donors (Lipinski definition) is 0. The number of thiophene rings is 2. The van der Waals surface area contributed by atoms with Crippen LogP contribution in [-0.2, 0) is 11.3 Å². The van der Waals surface area contributed by atoms with Crippen molar-refractivity contribution in [2.45, 2.75) is 6.61 Å². The predicted octanol–water partition coefficient (Wildman–Crippen LogP) is 5.48. The van der Waals surface area contributed by atoms with Gasteiger partial charge >= 0.3 is 5.97 Å². The molecule has 2 heterocycles. The molecule has 0 aliphatic heterocycles. The molecule has 110 valence electrons. The summed E-state index contributed by atoms with van der Waals surface area (Å²) in [4.78, 5) is 14.0. The van der Waals surface area contributed by atoms with Crippen molar-refractivity contribution in [3.05, 3.63) is 75.8 Å². The van der Waals surface area contributed by atoms with Crippen LogP contribution >= 0.6 is 22.7 Å². The van der Waals surface area contributed by atoms with E-state index in [1.807, 2.05) is 53.2 Å². The van der Waals surface area contributed by atoms with Crippen LogP contribution in [0.4, 0.5) is 0 Å². The van der Waals surface area contributed by atoms with E-state index in [9.17, 15) is 4.79 Å². The minimum absolute atomic E-state index is 0.272. The molecular weight excluding hydrogens is 312 g/mol. The molecule has 0 N–H and O–H groups in total. The maximum Gasteiger partial charge on any atom is 0.349 e. The second-order valence-corrected chi connectivity index (χ2v) is 6.53. The third kappa shape index (κ3) is 3.18. The molecule has 3 rings (SSSR count). The first-order valence-corrected chi connectivity index (χ1v) is 8.54. The topological polar surface area (TPSA) is 26.3 Å². The smallest absolute Gasteiger partial charge is 0.349 e. The molecule has 3 aromatic rings. The fourth-order valence-electron chi connectivity index (χ4n) is 2.06. The average molecular weight is 326 g/mol. The highest BCUT2D eigenvalue weighted by molar-refractivity contribution is 7.15. The first-order chi connectivity index (χ1) is 10.8. The van der Waals surface area contributed by atoms with Gasteiger partial charge in [-0.05, 0) is 34.0 Å². The molecule has 4 heteroatoms. The van der Waals surface area contributed by atoms with Gasteiger partial charge < -0.3 is 4.74 Å². The molecule has 0 bridgehead atoms. The Hall–Kier alpha value is -2.17. The number of esters is 1. The average Bonchev–Trinajstić information content (AvgIpc) is 3.23. The SMILES string of the molecule is C=Cc1ccc(COC(=O)c2sccc2-c2cccs2)cc1. The largest absolute Gasteiger partial charge is 0.457 e. The molecule has 0 fully saturated rings. The molecule has 0 amide bonds. The summed E-state index contributed by atoms with van der Waals surface area (Å²) in [7, 11) is 0. The zero-order valence-electron chi connectivity index (χ0n) is 11.8. The van der Waals surface area contributed by atoms with Crippen molar-refractivity contribution in [3.63, 3.8) is 0 Å². The first-order valence-electron chi connectivity index (χ1n) is 6.78.